The number of nitrogens with one attached hydrogen (secondary N) is 1. The minimum atomic E-state index is 0.136. The maximum absolute atomic E-state index is 11.5. The van der Waals surface area contributed by atoms with E-state index in [1.54, 1.807) is 6.92 Å². The van der Waals surface area contributed by atoms with Gasteiger partial charge >= 0.3 is 0 Å². The van der Waals surface area contributed by atoms with E-state index in [9.17, 15) is 4.79 Å². The molecule has 2 aromatic heterocycles. The maximum Gasteiger partial charge on any atom is 0.219 e. The number of piperazine rings is 1. The van der Waals surface area contributed by atoms with Crippen LogP contribution in [0.2, 0.25) is 0 Å². The van der Waals surface area contributed by atoms with Gasteiger partial charge in [-0.05, 0) is 26.2 Å². The molecule has 1 N–H and O–H groups in total. The second kappa shape index (κ2) is 10.1. The van der Waals surface area contributed by atoms with E-state index in [-0.39, 0.29) is 5.91 Å². The van der Waals surface area contributed by atoms with Gasteiger partial charge in [-0.25, -0.2) is 0 Å². The van der Waals surface area contributed by atoms with Gasteiger partial charge in [-0.2, -0.15) is 20.5 Å². The highest BCUT2D eigenvalue weighted by molar-refractivity contribution is 7.98. The molecule has 0 aromatic carbocycles. The molecule has 0 bridgehead atoms. The van der Waals surface area contributed by atoms with Gasteiger partial charge in [-0.3, -0.25) is 4.79 Å². The molecule has 0 atom stereocenters. The van der Waals surface area contributed by atoms with Crippen LogP contribution in [0.15, 0.2) is 16.5 Å². The van der Waals surface area contributed by atoms with Crippen molar-refractivity contribution in [2.75, 3.05) is 62.8 Å². The fourth-order valence-electron chi connectivity index (χ4n) is 3.05. The first-order chi connectivity index (χ1) is 13.5. The van der Waals surface area contributed by atoms with Crippen LogP contribution in [0.4, 0.5) is 11.6 Å². The molecule has 0 unspecified atom stereocenters. The lowest BCUT2D eigenvalue weighted by atomic mass is 10.3. The zero-order valence-corrected chi connectivity index (χ0v) is 18.3. The summed E-state index contributed by atoms with van der Waals surface area (Å²) in [7, 11) is 4.07. The van der Waals surface area contributed by atoms with Crippen molar-refractivity contribution < 1.29 is 9.21 Å². The normalized spacial score (nSPS) is 14.7. The van der Waals surface area contributed by atoms with Crippen molar-refractivity contribution in [1.82, 2.24) is 18.5 Å². The van der Waals surface area contributed by atoms with Crippen LogP contribution in [-0.4, -0.2) is 77.0 Å². The Morgan fingerprint density at radius 3 is 2.71 bits per heavy atom. The van der Waals surface area contributed by atoms with E-state index < -0.39 is 0 Å². The number of anilines is 2. The van der Waals surface area contributed by atoms with E-state index >= 15 is 0 Å². The average Bonchev–Trinajstić information content (AvgIpc) is 3.30. The third-order valence-corrected chi connectivity index (χ3v) is 5.97. The number of carbonyl (C=O) groups excluding carboxylic acids is 1. The molecule has 0 aliphatic carbocycles. The molecule has 2 aromatic rings. The summed E-state index contributed by atoms with van der Waals surface area (Å²) in [5.74, 6) is 5.72. The molecule has 1 aliphatic heterocycles. The largest absolute Gasteiger partial charge is 0.464 e. The van der Waals surface area contributed by atoms with Gasteiger partial charge in [0, 0.05) is 45.4 Å². The second-order valence-electron chi connectivity index (χ2n) is 7.01. The van der Waals surface area contributed by atoms with Crippen molar-refractivity contribution in [3.8, 4) is 0 Å². The smallest absolute Gasteiger partial charge is 0.219 e. The molecule has 1 saturated heterocycles. The standard InChI is InChI=1S/C18H28N6O2S2/c1-14(25)23-7-9-24(10-8-23)18-17(20-28-21-18)19-6-11-27-13-16-5-4-15(26-16)12-22(2)3/h4-5H,6-13H2,1-3H3,(H,19,20). The Labute approximate surface area is 174 Å². The minimum absolute atomic E-state index is 0.136. The third kappa shape index (κ3) is 5.86. The molecule has 1 fully saturated rings. The van der Waals surface area contributed by atoms with Crippen LogP contribution < -0.4 is 10.2 Å². The predicted octanol–water partition coefficient (Wildman–Crippen LogP) is 2.21. The Kier molecular flexibility index (Phi) is 7.57. The summed E-state index contributed by atoms with van der Waals surface area (Å²) in [5, 5.41) is 3.40. The van der Waals surface area contributed by atoms with Crippen molar-refractivity contribution in [2.45, 2.75) is 19.2 Å². The summed E-state index contributed by atoms with van der Waals surface area (Å²) in [5.41, 5.74) is 0. The molecular weight excluding hydrogens is 396 g/mol. The van der Waals surface area contributed by atoms with E-state index in [1.807, 2.05) is 36.8 Å². The van der Waals surface area contributed by atoms with Gasteiger partial charge in [-0.15, -0.1) is 0 Å². The third-order valence-electron chi connectivity index (χ3n) is 4.47. The van der Waals surface area contributed by atoms with Crippen LogP contribution >= 0.6 is 23.5 Å². The first kappa shape index (κ1) is 20.9. The molecule has 1 aliphatic rings. The Morgan fingerprint density at radius 1 is 1.25 bits per heavy atom. The highest BCUT2D eigenvalue weighted by Crippen LogP contribution is 2.24. The van der Waals surface area contributed by atoms with Crippen LogP contribution in [0.1, 0.15) is 18.4 Å². The van der Waals surface area contributed by atoms with E-state index in [1.165, 1.54) is 11.7 Å². The van der Waals surface area contributed by atoms with Crippen molar-refractivity contribution in [3.05, 3.63) is 23.7 Å². The molecule has 3 rings (SSSR count). The lowest BCUT2D eigenvalue weighted by Gasteiger charge is -2.34. The maximum atomic E-state index is 11.5. The quantitative estimate of drug-likeness (QED) is 0.614. The second-order valence-corrected chi connectivity index (χ2v) is 8.65. The number of carbonyl (C=O) groups is 1. The molecule has 0 saturated carbocycles. The number of amides is 1. The zero-order chi connectivity index (χ0) is 19.9. The zero-order valence-electron chi connectivity index (χ0n) is 16.7. The predicted molar refractivity (Wildman–Crippen MR) is 115 cm³/mol. The SMILES string of the molecule is CC(=O)N1CCN(c2nsnc2NCCSCc2ccc(CN(C)C)o2)CC1. The summed E-state index contributed by atoms with van der Waals surface area (Å²) in [6.07, 6.45) is 0. The molecule has 8 nitrogen and oxygen atoms in total. The van der Waals surface area contributed by atoms with Crippen molar-refractivity contribution in [2.24, 2.45) is 0 Å². The Balaban J connectivity index is 1.38. The van der Waals surface area contributed by atoms with Gasteiger partial charge in [0.1, 0.15) is 11.5 Å². The lowest BCUT2D eigenvalue weighted by molar-refractivity contribution is -0.129. The molecule has 0 spiro atoms. The number of hydrogen-bond donors (Lipinski definition) is 1. The summed E-state index contributed by atoms with van der Waals surface area (Å²) in [6, 6.07) is 4.11. The van der Waals surface area contributed by atoms with Gasteiger partial charge in [0.2, 0.25) is 5.91 Å². The van der Waals surface area contributed by atoms with Crippen molar-refractivity contribution >= 4 is 41.0 Å². The molecular formula is C18H28N6O2S2. The molecule has 3 heterocycles. The molecule has 10 heteroatoms. The summed E-state index contributed by atoms with van der Waals surface area (Å²) < 4.78 is 14.7. The van der Waals surface area contributed by atoms with Crippen LogP contribution in [0.3, 0.4) is 0 Å². The van der Waals surface area contributed by atoms with Crippen molar-refractivity contribution in [1.29, 1.82) is 0 Å². The molecule has 1 amide bonds. The van der Waals surface area contributed by atoms with E-state index in [2.05, 4.69) is 29.9 Å². The van der Waals surface area contributed by atoms with E-state index in [0.29, 0.717) is 0 Å². The van der Waals surface area contributed by atoms with Crippen LogP contribution in [-0.2, 0) is 17.1 Å². The highest BCUT2D eigenvalue weighted by atomic mass is 32.2. The van der Waals surface area contributed by atoms with Crippen LogP contribution in [0.25, 0.3) is 0 Å². The van der Waals surface area contributed by atoms with Gasteiger partial charge in [0.15, 0.2) is 11.6 Å². The number of rotatable bonds is 9. The summed E-state index contributed by atoms with van der Waals surface area (Å²) in [6.45, 7) is 6.33. The first-order valence-electron chi connectivity index (χ1n) is 9.40. The monoisotopic (exact) mass is 424 g/mol. The van der Waals surface area contributed by atoms with Crippen molar-refractivity contribution in [3.63, 3.8) is 0 Å². The highest BCUT2D eigenvalue weighted by Gasteiger charge is 2.22. The minimum Gasteiger partial charge on any atom is -0.464 e. The summed E-state index contributed by atoms with van der Waals surface area (Å²) in [4.78, 5) is 17.6. The average molecular weight is 425 g/mol. The Hall–Kier alpha value is -1.78. The number of furan rings is 1. The summed E-state index contributed by atoms with van der Waals surface area (Å²) >= 11 is 3.06. The van der Waals surface area contributed by atoms with Gasteiger partial charge < -0.3 is 24.4 Å². The fourth-order valence-corrected chi connectivity index (χ4v) is 4.34. The topological polar surface area (TPSA) is 77.7 Å². The number of nitrogens with zero attached hydrogens (tertiary/aromatic N) is 5. The molecule has 154 valence electrons. The van der Waals surface area contributed by atoms with Crippen LogP contribution in [0, 0.1) is 0 Å². The van der Waals surface area contributed by atoms with E-state index in [0.717, 1.165) is 73.9 Å². The Morgan fingerprint density at radius 2 is 2.00 bits per heavy atom. The fraction of sp³-hybridized carbons (Fsp3) is 0.611. The van der Waals surface area contributed by atoms with Gasteiger partial charge in [-0.1, -0.05) is 0 Å². The van der Waals surface area contributed by atoms with Crippen LogP contribution in [0.5, 0.6) is 0 Å². The Bertz CT molecular complexity index is 755. The molecule has 0 radical (unpaired) electrons. The van der Waals surface area contributed by atoms with Gasteiger partial charge in [0.05, 0.1) is 24.0 Å². The first-order valence-corrected chi connectivity index (χ1v) is 11.3. The van der Waals surface area contributed by atoms with Gasteiger partial charge in [0.25, 0.3) is 0 Å². The molecule has 28 heavy (non-hydrogen) atoms. The lowest BCUT2D eigenvalue weighted by Crippen LogP contribution is -2.48. The number of hydrogen-bond acceptors (Lipinski definition) is 9. The number of thioether (sulfide) groups is 1. The number of aromatic nitrogens is 2. The van der Waals surface area contributed by atoms with E-state index in [4.69, 9.17) is 4.42 Å².